The minimum Gasteiger partial charge on any atom is -0.505 e. The van der Waals surface area contributed by atoms with E-state index < -0.39 is 11.8 Å². The van der Waals surface area contributed by atoms with Gasteiger partial charge in [-0.3, -0.25) is 9.59 Å². The van der Waals surface area contributed by atoms with Crippen LogP contribution in [0.1, 0.15) is 57.6 Å². The Kier molecular flexibility index (Phi) is 6.58. The van der Waals surface area contributed by atoms with Gasteiger partial charge in [0.25, 0.3) is 0 Å². The molecule has 0 atom stereocenters. The van der Waals surface area contributed by atoms with Gasteiger partial charge in [0.2, 0.25) is 0 Å². The third-order valence-corrected chi connectivity index (χ3v) is 5.52. The van der Waals surface area contributed by atoms with Crippen molar-refractivity contribution in [2.24, 2.45) is 5.73 Å². The summed E-state index contributed by atoms with van der Waals surface area (Å²) >= 11 is 0. The molecule has 3 aromatic rings. The van der Waals surface area contributed by atoms with Crippen molar-refractivity contribution in [1.29, 1.82) is 0 Å². The molecule has 2 amide bonds. The van der Waals surface area contributed by atoms with Gasteiger partial charge in [0, 0.05) is 12.1 Å². The van der Waals surface area contributed by atoms with Gasteiger partial charge in [0.15, 0.2) is 0 Å². The molecule has 31 heavy (non-hydrogen) atoms. The van der Waals surface area contributed by atoms with Crippen molar-refractivity contribution in [2.45, 2.75) is 58.4 Å². The first kappa shape index (κ1) is 22.3. The Balaban J connectivity index is 2.06. The van der Waals surface area contributed by atoms with Crippen LogP contribution < -0.4 is 11.1 Å². The molecule has 0 bridgehead atoms. The lowest BCUT2D eigenvalue weighted by Crippen LogP contribution is -2.35. The SMILES string of the molecule is CCCCCC(C)(C)c1cc(CNC(=O)C(N)=O)c(O)c(-n2nc3ccccc3n2)c1. The smallest absolute Gasteiger partial charge is 0.309 e. The van der Waals surface area contributed by atoms with E-state index in [1.54, 1.807) is 0 Å². The standard InChI is InChI=1S/C23H29N5O3/c1-4-5-8-11-23(2,3)16-12-15(14-25-22(31)21(24)30)20(29)19(13-16)28-26-17-9-6-7-10-18(17)27-28/h6-7,9-10,12-13,29H,4-5,8,11,14H2,1-3H3,(H2,24,30)(H,25,31). The van der Waals surface area contributed by atoms with E-state index in [1.165, 1.54) is 4.80 Å². The van der Waals surface area contributed by atoms with Gasteiger partial charge in [0.05, 0.1) is 0 Å². The van der Waals surface area contributed by atoms with Crippen molar-refractivity contribution in [3.05, 3.63) is 47.5 Å². The van der Waals surface area contributed by atoms with Gasteiger partial charge >= 0.3 is 11.8 Å². The van der Waals surface area contributed by atoms with Crippen LogP contribution in [0.4, 0.5) is 0 Å². The summed E-state index contributed by atoms with van der Waals surface area (Å²) in [4.78, 5) is 24.2. The molecule has 3 rings (SSSR count). The van der Waals surface area contributed by atoms with Crippen LogP contribution >= 0.6 is 0 Å². The summed E-state index contributed by atoms with van der Waals surface area (Å²) in [7, 11) is 0. The summed E-state index contributed by atoms with van der Waals surface area (Å²) in [5.41, 5.74) is 8.14. The van der Waals surface area contributed by atoms with E-state index in [-0.39, 0.29) is 17.7 Å². The van der Waals surface area contributed by atoms with E-state index in [9.17, 15) is 14.7 Å². The number of nitrogens with zero attached hydrogens (tertiary/aromatic N) is 3. The number of phenols is 1. The molecule has 1 heterocycles. The molecular weight excluding hydrogens is 394 g/mol. The number of amides is 2. The molecule has 164 valence electrons. The van der Waals surface area contributed by atoms with Crippen LogP contribution in [0.5, 0.6) is 5.75 Å². The van der Waals surface area contributed by atoms with Crippen molar-refractivity contribution in [2.75, 3.05) is 0 Å². The lowest BCUT2D eigenvalue weighted by atomic mass is 9.79. The zero-order chi connectivity index (χ0) is 22.6. The third-order valence-electron chi connectivity index (χ3n) is 5.52. The monoisotopic (exact) mass is 423 g/mol. The van der Waals surface area contributed by atoms with E-state index in [2.05, 4.69) is 36.3 Å². The molecule has 0 saturated carbocycles. The Morgan fingerprint density at radius 3 is 2.35 bits per heavy atom. The highest BCUT2D eigenvalue weighted by molar-refractivity contribution is 6.34. The third kappa shape index (κ3) is 5.02. The molecule has 0 radical (unpaired) electrons. The Bertz CT molecular complexity index is 1070. The Labute approximate surface area is 181 Å². The molecule has 0 aliphatic carbocycles. The van der Waals surface area contributed by atoms with E-state index >= 15 is 0 Å². The molecule has 0 aliphatic heterocycles. The minimum absolute atomic E-state index is 0.0414. The van der Waals surface area contributed by atoms with Gasteiger partial charge in [-0.15, -0.1) is 15.0 Å². The lowest BCUT2D eigenvalue weighted by Gasteiger charge is -2.27. The number of rotatable bonds is 8. The van der Waals surface area contributed by atoms with Gasteiger partial charge in [-0.05, 0) is 41.7 Å². The largest absolute Gasteiger partial charge is 0.505 e. The summed E-state index contributed by atoms with van der Waals surface area (Å²) in [6.07, 6.45) is 4.32. The van der Waals surface area contributed by atoms with Crippen molar-refractivity contribution in [3.8, 4) is 11.4 Å². The number of hydrogen-bond acceptors (Lipinski definition) is 5. The second-order valence-electron chi connectivity index (χ2n) is 8.37. The van der Waals surface area contributed by atoms with E-state index in [1.807, 2.05) is 36.4 Å². The normalized spacial score (nSPS) is 11.6. The van der Waals surface area contributed by atoms with Crippen molar-refractivity contribution >= 4 is 22.8 Å². The van der Waals surface area contributed by atoms with E-state index in [0.717, 1.165) is 31.2 Å². The number of hydrogen-bond donors (Lipinski definition) is 3. The van der Waals surface area contributed by atoms with Crippen LogP contribution in [0, 0.1) is 0 Å². The Morgan fingerprint density at radius 1 is 1.13 bits per heavy atom. The molecular formula is C23H29N5O3. The molecule has 0 unspecified atom stereocenters. The maximum Gasteiger partial charge on any atom is 0.309 e. The number of benzene rings is 2. The lowest BCUT2D eigenvalue weighted by molar-refractivity contribution is -0.137. The van der Waals surface area contributed by atoms with Crippen molar-refractivity contribution in [1.82, 2.24) is 20.3 Å². The summed E-state index contributed by atoms with van der Waals surface area (Å²) < 4.78 is 0. The maximum atomic E-state index is 11.7. The van der Waals surface area contributed by atoms with Gasteiger partial charge in [-0.25, -0.2) is 0 Å². The fraction of sp³-hybridized carbons (Fsp3) is 0.391. The number of aromatic nitrogens is 3. The fourth-order valence-electron chi connectivity index (χ4n) is 3.55. The molecule has 0 saturated heterocycles. The summed E-state index contributed by atoms with van der Waals surface area (Å²) in [6, 6.07) is 11.2. The van der Waals surface area contributed by atoms with Crippen molar-refractivity contribution in [3.63, 3.8) is 0 Å². The minimum atomic E-state index is -1.07. The molecule has 8 nitrogen and oxygen atoms in total. The maximum absolute atomic E-state index is 11.7. The summed E-state index contributed by atoms with van der Waals surface area (Å²) in [5, 5.41) is 22.4. The quantitative estimate of drug-likeness (QED) is 0.379. The topological polar surface area (TPSA) is 123 Å². The van der Waals surface area contributed by atoms with Crippen molar-refractivity contribution < 1.29 is 14.7 Å². The number of aromatic hydroxyl groups is 1. The number of fused-ring (bicyclic) bond motifs is 1. The number of unbranched alkanes of at least 4 members (excludes halogenated alkanes) is 2. The number of carbonyl (C=O) groups is 2. The molecule has 0 spiro atoms. The predicted molar refractivity (Wildman–Crippen MR) is 119 cm³/mol. The first-order valence-electron chi connectivity index (χ1n) is 10.5. The zero-order valence-electron chi connectivity index (χ0n) is 18.2. The van der Waals surface area contributed by atoms with E-state index in [0.29, 0.717) is 22.3 Å². The van der Waals surface area contributed by atoms with Gasteiger partial charge < -0.3 is 16.2 Å². The van der Waals surface area contributed by atoms with Gasteiger partial charge in [0.1, 0.15) is 22.5 Å². The van der Waals surface area contributed by atoms with Crippen LogP contribution in [0.15, 0.2) is 36.4 Å². The number of carbonyl (C=O) groups excluding carboxylic acids is 2. The summed E-state index contributed by atoms with van der Waals surface area (Å²) in [5.74, 6) is -2.04. The molecule has 2 aromatic carbocycles. The fourth-order valence-corrected chi connectivity index (χ4v) is 3.55. The molecule has 0 aliphatic rings. The van der Waals surface area contributed by atoms with E-state index in [4.69, 9.17) is 5.73 Å². The molecule has 0 fully saturated rings. The predicted octanol–water partition coefficient (Wildman–Crippen LogP) is 3.09. The number of nitrogens with two attached hydrogens (primary N) is 1. The number of phenolic OH excluding ortho intramolecular Hbond substituents is 1. The molecule has 4 N–H and O–H groups in total. The highest BCUT2D eigenvalue weighted by atomic mass is 16.3. The Hall–Kier alpha value is -3.42. The average Bonchev–Trinajstić information content (AvgIpc) is 3.16. The molecule has 1 aromatic heterocycles. The second-order valence-corrected chi connectivity index (χ2v) is 8.37. The first-order chi connectivity index (χ1) is 14.7. The first-order valence-corrected chi connectivity index (χ1v) is 10.5. The van der Waals surface area contributed by atoms with Crippen LogP contribution in [0.25, 0.3) is 16.7 Å². The second kappa shape index (κ2) is 9.16. The van der Waals surface area contributed by atoms with Crippen LogP contribution in [-0.2, 0) is 21.5 Å². The van der Waals surface area contributed by atoms with Crippen LogP contribution in [0.3, 0.4) is 0 Å². The van der Waals surface area contributed by atoms with Gasteiger partial charge in [-0.1, -0.05) is 52.2 Å². The van der Waals surface area contributed by atoms with Gasteiger partial charge in [-0.2, -0.15) is 0 Å². The number of primary amides is 1. The highest BCUT2D eigenvalue weighted by Gasteiger charge is 2.25. The number of nitrogens with one attached hydrogen (secondary N) is 1. The van der Waals surface area contributed by atoms with Crippen LogP contribution in [-0.4, -0.2) is 31.9 Å². The molecule has 8 heteroatoms. The average molecular weight is 424 g/mol. The zero-order valence-corrected chi connectivity index (χ0v) is 18.2. The Morgan fingerprint density at radius 2 is 1.77 bits per heavy atom. The highest BCUT2D eigenvalue weighted by Crippen LogP contribution is 2.36. The van der Waals surface area contributed by atoms with Crippen LogP contribution in [0.2, 0.25) is 0 Å². The summed E-state index contributed by atoms with van der Waals surface area (Å²) in [6.45, 7) is 6.43.